The Kier molecular flexibility index (Phi) is 6.61. The van der Waals surface area contributed by atoms with E-state index in [1.54, 1.807) is 47.4 Å². The Labute approximate surface area is 175 Å². The number of H-pyrrole nitrogens is 1. The van der Waals surface area contributed by atoms with Crippen LogP contribution in [0.25, 0.3) is 10.9 Å². The van der Waals surface area contributed by atoms with E-state index in [2.05, 4.69) is 15.3 Å². The molecule has 0 aliphatic heterocycles. The number of aromatic amines is 1. The number of amides is 2. The van der Waals surface area contributed by atoms with Gasteiger partial charge in [0.15, 0.2) is 0 Å². The van der Waals surface area contributed by atoms with Crippen LogP contribution in [0.3, 0.4) is 0 Å². The molecule has 30 heavy (non-hydrogen) atoms. The first-order valence-electron chi connectivity index (χ1n) is 10.0. The SMILES string of the molecule is CCN(Cc1nc2ccccc2c(=O)[nH]1)C(=O)C(NC(=O)c1ccccc1)C(C)C. The first-order chi connectivity index (χ1) is 14.4. The minimum absolute atomic E-state index is 0.108. The fraction of sp³-hybridized carbons (Fsp3) is 0.304. The number of hydrogen-bond acceptors (Lipinski definition) is 4. The molecule has 1 aromatic heterocycles. The van der Waals surface area contributed by atoms with E-state index < -0.39 is 6.04 Å². The minimum atomic E-state index is -0.690. The maximum absolute atomic E-state index is 13.2. The van der Waals surface area contributed by atoms with Gasteiger partial charge in [-0.2, -0.15) is 0 Å². The van der Waals surface area contributed by atoms with E-state index in [9.17, 15) is 14.4 Å². The summed E-state index contributed by atoms with van der Waals surface area (Å²) in [5, 5.41) is 3.36. The highest BCUT2D eigenvalue weighted by atomic mass is 16.2. The lowest BCUT2D eigenvalue weighted by Gasteiger charge is -2.28. The quantitative estimate of drug-likeness (QED) is 0.631. The van der Waals surface area contributed by atoms with Gasteiger partial charge >= 0.3 is 0 Å². The second-order valence-electron chi connectivity index (χ2n) is 7.44. The summed E-state index contributed by atoms with van der Waals surface area (Å²) in [6.07, 6.45) is 0. The van der Waals surface area contributed by atoms with Gasteiger partial charge in [0.1, 0.15) is 11.9 Å². The van der Waals surface area contributed by atoms with Crippen LogP contribution in [0.1, 0.15) is 37.0 Å². The molecule has 7 nitrogen and oxygen atoms in total. The summed E-state index contributed by atoms with van der Waals surface area (Å²) < 4.78 is 0. The molecule has 3 rings (SSSR count). The molecule has 0 saturated heterocycles. The van der Waals surface area contributed by atoms with Crippen molar-refractivity contribution in [3.63, 3.8) is 0 Å². The molecule has 0 bridgehead atoms. The van der Waals surface area contributed by atoms with Gasteiger partial charge in [-0.3, -0.25) is 14.4 Å². The van der Waals surface area contributed by atoms with Crippen molar-refractivity contribution in [1.82, 2.24) is 20.2 Å². The highest BCUT2D eigenvalue weighted by Gasteiger charge is 2.28. The third-order valence-corrected chi connectivity index (χ3v) is 4.95. The Bertz CT molecular complexity index is 1090. The van der Waals surface area contributed by atoms with E-state index in [0.717, 1.165) is 0 Å². The van der Waals surface area contributed by atoms with Gasteiger partial charge in [-0.05, 0) is 37.1 Å². The maximum atomic E-state index is 13.2. The van der Waals surface area contributed by atoms with Crippen molar-refractivity contribution < 1.29 is 9.59 Å². The van der Waals surface area contributed by atoms with Gasteiger partial charge in [0.05, 0.1) is 17.4 Å². The third-order valence-electron chi connectivity index (χ3n) is 4.95. The molecule has 3 aromatic rings. The molecular formula is C23H26N4O3. The molecule has 0 radical (unpaired) electrons. The average Bonchev–Trinajstić information content (AvgIpc) is 2.75. The number of hydrogen-bond donors (Lipinski definition) is 2. The lowest BCUT2D eigenvalue weighted by Crippen LogP contribution is -2.51. The standard InChI is InChI=1S/C23H26N4O3/c1-4-27(14-19-24-18-13-9-8-12-17(18)22(29)25-19)23(30)20(15(2)3)26-21(28)16-10-6-5-7-11-16/h5-13,15,20H,4,14H2,1-3H3,(H,26,28)(H,24,25,29). The number of carbonyl (C=O) groups excluding carboxylic acids is 2. The fourth-order valence-corrected chi connectivity index (χ4v) is 3.26. The summed E-state index contributed by atoms with van der Waals surface area (Å²) >= 11 is 0. The van der Waals surface area contributed by atoms with Crippen molar-refractivity contribution in [1.29, 1.82) is 0 Å². The molecule has 0 aliphatic rings. The molecule has 0 fully saturated rings. The van der Waals surface area contributed by atoms with E-state index in [1.807, 2.05) is 32.9 Å². The molecule has 1 atom stereocenters. The van der Waals surface area contributed by atoms with Gasteiger partial charge in [0.2, 0.25) is 5.91 Å². The van der Waals surface area contributed by atoms with Crippen molar-refractivity contribution in [2.24, 2.45) is 5.92 Å². The van der Waals surface area contributed by atoms with Crippen molar-refractivity contribution in [2.45, 2.75) is 33.4 Å². The van der Waals surface area contributed by atoms with Crippen LogP contribution >= 0.6 is 0 Å². The van der Waals surface area contributed by atoms with Crippen LogP contribution in [0, 0.1) is 5.92 Å². The molecule has 1 unspecified atom stereocenters. The summed E-state index contributed by atoms with van der Waals surface area (Å²) in [7, 11) is 0. The number of fused-ring (bicyclic) bond motifs is 1. The predicted molar refractivity (Wildman–Crippen MR) is 116 cm³/mol. The summed E-state index contributed by atoms with van der Waals surface area (Å²) in [5.41, 5.74) is 0.842. The smallest absolute Gasteiger partial charge is 0.258 e. The lowest BCUT2D eigenvalue weighted by molar-refractivity contribution is -0.134. The zero-order valence-electron chi connectivity index (χ0n) is 17.4. The minimum Gasteiger partial charge on any atom is -0.340 e. The van der Waals surface area contributed by atoms with E-state index in [1.165, 1.54) is 0 Å². The predicted octanol–water partition coefficient (Wildman–Crippen LogP) is 2.73. The van der Waals surface area contributed by atoms with Crippen molar-refractivity contribution in [3.8, 4) is 0 Å². The Morgan fingerprint density at radius 2 is 1.73 bits per heavy atom. The van der Waals surface area contributed by atoms with Crippen molar-refractivity contribution >= 4 is 22.7 Å². The summed E-state index contributed by atoms with van der Waals surface area (Å²) in [6, 6.07) is 15.2. The summed E-state index contributed by atoms with van der Waals surface area (Å²) in [5.74, 6) is -0.211. The normalized spacial score (nSPS) is 12.0. The first kappa shape index (κ1) is 21.2. The molecule has 2 amide bonds. The Morgan fingerprint density at radius 3 is 2.40 bits per heavy atom. The van der Waals surface area contributed by atoms with Crippen molar-refractivity contribution in [3.05, 3.63) is 76.3 Å². The third kappa shape index (κ3) is 4.74. The van der Waals surface area contributed by atoms with Gasteiger partial charge in [-0.15, -0.1) is 0 Å². The zero-order valence-corrected chi connectivity index (χ0v) is 17.4. The molecule has 2 aromatic carbocycles. The van der Waals surface area contributed by atoms with Gasteiger partial charge in [-0.1, -0.05) is 44.2 Å². The second kappa shape index (κ2) is 9.35. The van der Waals surface area contributed by atoms with Crippen LogP contribution in [0.15, 0.2) is 59.4 Å². The number of benzene rings is 2. The van der Waals surface area contributed by atoms with Crippen LogP contribution < -0.4 is 10.9 Å². The fourth-order valence-electron chi connectivity index (χ4n) is 3.26. The van der Waals surface area contributed by atoms with Crippen LogP contribution in [-0.2, 0) is 11.3 Å². The van der Waals surface area contributed by atoms with Gasteiger partial charge in [-0.25, -0.2) is 4.98 Å². The van der Waals surface area contributed by atoms with Gasteiger partial charge in [0, 0.05) is 12.1 Å². The molecule has 1 heterocycles. The first-order valence-corrected chi connectivity index (χ1v) is 10.0. The van der Waals surface area contributed by atoms with Gasteiger partial charge in [0.25, 0.3) is 11.5 Å². The average molecular weight is 406 g/mol. The number of nitrogens with zero attached hydrogens (tertiary/aromatic N) is 2. The molecule has 2 N–H and O–H groups in total. The molecule has 0 saturated carbocycles. The van der Waals surface area contributed by atoms with Crippen LogP contribution in [0.4, 0.5) is 0 Å². The van der Waals surface area contributed by atoms with E-state index >= 15 is 0 Å². The van der Waals surface area contributed by atoms with Crippen LogP contribution in [0.2, 0.25) is 0 Å². The van der Waals surface area contributed by atoms with E-state index in [0.29, 0.717) is 28.8 Å². The number of carbonyl (C=O) groups is 2. The highest BCUT2D eigenvalue weighted by Crippen LogP contribution is 2.12. The Hall–Kier alpha value is -3.48. The number of nitrogens with one attached hydrogen (secondary N) is 2. The summed E-state index contributed by atoms with van der Waals surface area (Å²) in [6.45, 7) is 6.20. The monoisotopic (exact) mass is 406 g/mol. The number of likely N-dealkylation sites (N-methyl/N-ethyl adjacent to an activating group) is 1. The van der Waals surface area contributed by atoms with Crippen LogP contribution in [0.5, 0.6) is 0 Å². The largest absolute Gasteiger partial charge is 0.340 e. The van der Waals surface area contributed by atoms with Crippen LogP contribution in [-0.4, -0.2) is 39.3 Å². The number of rotatable bonds is 7. The van der Waals surface area contributed by atoms with Crippen molar-refractivity contribution in [2.75, 3.05) is 6.54 Å². The highest BCUT2D eigenvalue weighted by molar-refractivity contribution is 5.97. The molecule has 0 spiro atoms. The number of aromatic nitrogens is 2. The topological polar surface area (TPSA) is 95.2 Å². The Morgan fingerprint density at radius 1 is 1.07 bits per heavy atom. The van der Waals surface area contributed by atoms with E-state index in [-0.39, 0.29) is 29.8 Å². The number of para-hydroxylation sites is 1. The van der Waals surface area contributed by atoms with E-state index in [4.69, 9.17) is 0 Å². The molecule has 156 valence electrons. The molecule has 7 heteroatoms. The maximum Gasteiger partial charge on any atom is 0.258 e. The zero-order chi connectivity index (χ0) is 21.7. The molecule has 0 aliphatic carbocycles. The summed E-state index contributed by atoms with van der Waals surface area (Å²) in [4.78, 5) is 47.0. The lowest BCUT2D eigenvalue weighted by atomic mass is 10.0. The molecular weight excluding hydrogens is 380 g/mol. The van der Waals surface area contributed by atoms with Gasteiger partial charge < -0.3 is 15.2 Å². The Balaban J connectivity index is 1.81. The second-order valence-corrected chi connectivity index (χ2v) is 7.44.